The first kappa shape index (κ1) is 18.5. The van der Waals surface area contributed by atoms with Crippen LogP contribution in [0.5, 0.6) is 0 Å². The minimum absolute atomic E-state index is 0.108. The number of ether oxygens (including phenoxy) is 1. The van der Waals surface area contributed by atoms with Crippen LogP contribution < -0.4 is 5.32 Å². The normalized spacial score (nSPS) is 11.0. The van der Waals surface area contributed by atoms with Crippen LogP contribution in [0.3, 0.4) is 0 Å². The number of hydrogen-bond acceptors (Lipinski definition) is 3. The molecule has 0 aliphatic rings. The lowest BCUT2D eigenvalue weighted by atomic mass is 10.0. The van der Waals surface area contributed by atoms with Gasteiger partial charge < -0.3 is 10.1 Å². The summed E-state index contributed by atoms with van der Waals surface area (Å²) in [6.07, 6.45) is 2.41. The Hall–Kier alpha value is -1.85. The Bertz CT molecular complexity index is 683. The van der Waals surface area contributed by atoms with E-state index in [1.807, 2.05) is 45.0 Å². The molecule has 2 rings (SSSR count). The highest BCUT2D eigenvalue weighted by Crippen LogP contribution is 2.24. The zero-order valence-electron chi connectivity index (χ0n) is 14.4. The summed E-state index contributed by atoms with van der Waals surface area (Å²) < 4.78 is 7.06. The van der Waals surface area contributed by atoms with Crippen molar-refractivity contribution in [1.82, 2.24) is 15.1 Å². The molecule has 0 saturated heterocycles. The van der Waals surface area contributed by atoms with Gasteiger partial charge in [-0.15, -0.1) is 0 Å². The molecular formula is C18H24ClN3O2. The van der Waals surface area contributed by atoms with Crippen molar-refractivity contribution in [2.24, 2.45) is 0 Å². The van der Waals surface area contributed by atoms with E-state index in [1.165, 1.54) is 0 Å². The molecule has 1 amide bonds. The number of carbonyl (C=O) groups excluding carboxylic acids is 1. The lowest BCUT2D eigenvalue weighted by Crippen LogP contribution is -2.26. The molecule has 0 unspecified atom stereocenters. The molecule has 130 valence electrons. The predicted molar refractivity (Wildman–Crippen MR) is 96.1 cm³/mol. The van der Waals surface area contributed by atoms with Crippen LogP contribution in [-0.2, 0) is 4.74 Å². The van der Waals surface area contributed by atoms with Crippen LogP contribution in [0.1, 0.15) is 49.2 Å². The van der Waals surface area contributed by atoms with Crippen molar-refractivity contribution in [2.75, 3.05) is 19.8 Å². The van der Waals surface area contributed by atoms with Gasteiger partial charge in [-0.25, -0.2) is 4.68 Å². The first-order chi connectivity index (χ1) is 11.5. The second-order valence-corrected chi connectivity index (χ2v) is 6.23. The average molecular weight is 350 g/mol. The first-order valence-electron chi connectivity index (χ1n) is 8.24. The molecule has 0 atom stereocenters. The number of aromatic nitrogens is 2. The van der Waals surface area contributed by atoms with E-state index in [0.717, 1.165) is 17.8 Å². The van der Waals surface area contributed by atoms with Crippen molar-refractivity contribution in [2.45, 2.75) is 33.1 Å². The highest BCUT2D eigenvalue weighted by Gasteiger charge is 2.20. The quantitative estimate of drug-likeness (QED) is 0.737. The zero-order chi connectivity index (χ0) is 17.5. The van der Waals surface area contributed by atoms with E-state index in [1.54, 1.807) is 10.9 Å². The Labute approximate surface area is 148 Å². The van der Waals surface area contributed by atoms with Gasteiger partial charge in [0.1, 0.15) is 0 Å². The third-order valence-corrected chi connectivity index (χ3v) is 3.84. The fraction of sp³-hybridized carbons (Fsp3) is 0.444. The first-order valence-corrected chi connectivity index (χ1v) is 8.62. The van der Waals surface area contributed by atoms with Crippen molar-refractivity contribution in [3.05, 3.63) is 46.7 Å². The monoisotopic (exact) mass is 349 g/mol. The van der Waals surface area contributed by atoms with Crippen LogP contribution in [0, 0.1) is 0 Å². The number of amides is 1. The highest BCUT2D eigenvalue weighted by atomic mass is 35.5. The molecule has 1 aromatic carbocycles. The van der Waals surface area contributed by atoms with Crippen molar-refractivity contribution in [3.8, 4) is 5.69 Å². The fourth-order valence-electron chi connectivity index (χ4n) is 2.52. The third kappa shape index (κ3) is 4.58. The molecule has 0 aliphatic carbocycles. The average Bonchev–Trinajstić information content (AvgIpc) is 3.00. The van der Waals surface area contributed by atoms with Crippen molar-refractivity contribution in [1.29, 1.82) is 0 Å². The topological polar surface area (TPSA) is 56.1 Å². The van der Waals surface area contributed by atoms with Crippen LogP contribution in [0.4, 0.5) is 0 Å². The molecule has 1 aromatic heterocycles. The molecule has 1 heterocycles. The van der Waals surface area contributed by atoms with E-state index in [4.69, 9.17) is 16.3 Å². The summed E-state index contributed by atoms with van der Waals surface area (Å²) in [6, 6.07) is 7.45. The maximum Gasteiger partial charge on any atom is 0.254 e. The van der Waals surface area contributed by atoms with Gasteiger partial charge in [0.15, 0.2) is 0 Å². The largest absolute Gasteiger partial charge is 0.382 e. The maximum atomic E-state index is 12.5. The van der Waals surface area contributed by atoms with Gasteiger partial charge in [-0.3, -0.25) is 4.79 Å². The maximum absolute atomic E-state index is 12.5. The number of carbonyl (C=O) groups is 1. The van der Waals surface area contributed by atoms with Crippen LogP contribution >= 0.6 is 11.6 Å². The summed E-state index contributed by atoms with van der Waals surface area (Å²) in [6.45, 7) is 7.97. The standard InChI is InChI=1S/C18H24ClN3O2/c1-4-24-10-6-9-20-18(23)16-12-21-22(17(16)13(2)3)15-8-5-7-14(19)11-15/h5,7-8,11-13H,4,6,9-10H2,1-3H3,(H,20,23). The predicted octanol–water partition coefficient (Wildman–Crippen LogP) is 3.81. The number of rotatable bonds is 8. The van der Waals surface area contributed by atoms with E-state index in [0.29, 0.717) is 30.3 Å². The lowest BCUT2D eigenvalue weighted by Gasteiger charge is -2.13. The van der Waals surface area contributed by atoms with Gasteiger partial charge >= 0.3 is 0 Å². The minimum Gasteiger partial charge on any atom is -0.382 e. The Morgan fingerprint density at radius 1 is 1.42 bits per heavy atom. The Kier molecular flexibility index (Phi) is 6.82. The molecule has 0 spiro atoms. The smallest absolute Gasteiger partial charge is 0.254 e. The molecule has 5 nitrogen and oxygen atoms in total. The molecule has 0 radical (unpaired) electrons. The van der Waals surface area contributed by atoms with E-state index in [2.05, 4.69) is 10.4 Å². The van der Waals surface area contributed by atoms with Gasteiger partial charge in [0, 0.05) is 24.8 Å². The van der Waals surface area contributed by atoms with Crippen LogP contribution in [0.15, 0.2) is 30.5 Å². The van der Waals surface area contributed by atoms with E-state index < -0.39 is 0 Å². The summed E-state index contributed by atoms with van der Waals surface area (Å²) in [4.78, 5) is 12.5. The van der Waals surface area contributed by atoms with Gasteiger partial charge in [0.05, 0.1) is 23.1 Å². The van der Waals surface area contributed by atoms with Crippen molar-refractivity contribution >= 4 is 17.5 Å². The second kappa shape index (κ2) is 8.85. The second-order valence-electron chi connectivity index (χ2n) is 5.80. The van der Waals surface area contributed by atoms with Gasteiger partial charge in [-0.05, 0) is 37.5 Å². The number of benzene rings is 1. The SMILES string of the molecule is CCOCCCNC(=O)c1cnn(-c2cccc(Cl)c2)c1C(C)C. The Morgan fingerprint density at radius 2 is 2.21 bits per heavy atom. The summed E-state index contributed by atoms with van der Waals surface area (Å²) in [5.41, 5.74) is 2.32. The van der Waals surface area contributed by atoms with Crippen LogP contribution in [-0.4, -0.2) is 35.4 Å². The van der Waals surface area contributed by atoms with Gasteiger partial charge in [0.2, 0.25) is 0 Å². The number of nitrogens with zero attached hydrogens (tertiary/aromatic N) is 2. The van der Waals surface area contributed by atoms with Gasteiger partial charge in [0.25, 0.3) is 5.91 Å². The molecule has 24 heavy (non-hydrogen) atoms. The molecular weight excluding hydrogens is 326 g/mol. The van der Waals surface area contributed by atoms with E-state index >= 15 is 0 Å². The molecule has 2 aromatic rings. The molecule has 6 heteroatoms. The molecule has 0 saturated carbocycles. The highest BCUT2D eigenvalue weighted by molar-refractivity contribution is 6.30. The van der Waals surface area contributed by atoms with Crippen LogP contribution in [0.25, 0.3) is 5.69 Å². The van der Waals surface area contributed by atoms with E-state index in [9.17, 15) is 4.79 Å². The molecule has 0 bridgehead atoms. The number of nitrogens with one attached hydrogen (secondary N) is 1. The van der Waals surface area contributed by atoms with E-state index in [-0.39, 0.29) is 11.8 Å². The summed E-state index contributed by atoms with van der Waals surface area (Å²) in [5.74, 6) is 0.0409. The molecule has 0 fully saturated rings. The number of hydrogen-bond donors (Lipinski definition) is 1. The van der Waals surface area contributed by atoms with Gasteiger partial charge in [-0.2, -0.15) is 5.10 Å². The summed E-state index contributed by atoms with van der Waals surface area (Å²) >= 11 is 6.07. The third-order valence-electron chi connectivity index (χ3n) is 3.61. The van der Waals surface area contributed by atoms with Gasteiger partial charge in [-0.1, -0.05) is 31.5 Å². The van der Waals surface area contributed by atoms with Crippen LogP contribution in [0.2, 0.25) is 5.02 Å². The lowest BCUT2D eigenvalue weighted by molar-refractivity contribution is 0.0943. The number of halogens is 1. The molecule has 1 N–H and O–H groups in total. The fourth-order valence-corrected chi connectivity index (χ4v) is 2.70. The minimum atomic E-state index is -0.108. The summed E-state index contributed by atoms with van der Waals surface area (Å²) in [5, 5.41) is 7.97. The van der Waals surface area contributed by atoms with Crippen molar-refractivity contribution in [3.63, 3.8) is 0 Å². The summed E-state index contributed by atoms with van der Waals surface area (Å²) in [7, 11) is 0. The zero-order valence-corrected chi connectivity index (χ0v) is 15.1. The van der Waals surface area contributed by atoms with Crippen molar-refractivity contribution < 1.29 is 9.53 Å². The molecule has 0 aliphatic heterocycles. The Morgan fingerprint density at radius 3 is 2.88 bits per heavy atom. The Balaban J connectivity index is 2.18.